The zero-order chi connectivity index (χ0) is 11.4. The molecule has 1 aromatic carbocycles. The Balaban J connectivity index is 2.30. The van der Waals surface area contributed by atoms with Crippen molar-refractivity contribution in [2.75, 3.05) is 13.6 Å². The van der Waals surface area contributed by atoms with Gasteiger partial charge in [-0.2, -0.15) is 0 Å². The molecule has 0 amide bonds. The van der Waals surface area contributed by atoms with Gasteiger partial charge < -0.3 is 5.32 Å². The van der Waals surface area contributed by atoms with E-state index in [2.05, 4.69) is 41.5 Å². The molecule has 2 aromatic rings. The quantitative estimate of drug-likeness (QED) is 0.846. The molecule has 0 fully saturated rings. The van der Waals surface area contributed by atoms with E-state index in [9.17, 15) is 0 Å². The zero-order valence-electron chi connectivity index (χ0n) is 9.90. The lowest BCUT2D eigenvalue weighted by atomic mass is 9.97. The van der Waals surface area contributed by atoms with Crippen molar-refractivity contribution in [2.24, 2.45) is 5.92 Å². The van der Waals surface area contributed by atoms with Crippen molar-refractivity contribution < 1.29 is 0 Å². The van der Waals surface area contributed by atoms with Crippen LogP contribution in [0.15, 0.2) is 36.7 Å². The van der Waals surface area contributed by atoms with Gasteiger partial charge in [0, 0.05) is 17.8 Å². The van der Waals surface area contributed by atoms with E-state index in [4.69, 9.17) is 0 Å². The number of benzene rings is 1. The van der Waals surface area contributed by atoms with Crippen LogP contribution < -0.4 is 5.32 Å². The SMILES string of the molecule is CNCC(C)Cc1cccc2ccncc12. The highest BCUT2D eigenvalue weighted by atomic mass is 14.8. The number of fused-ring (bicyclic) bond motifs is 1. The molecule has 0 saturated heterocycles. The van der Waals surface area contributed by atoms with Crippen LogP contribution in [-0.4, -0.2) is 18.6 Å². The van der Waals surface area contributed by atoms with Crippen LogP contribution >= 0.6 is 0 Å². The molecule has 2 nitrogen and oxygen atoms in total. The number of pyridine rings is 1. The highest BCUT2D eigenvalue weighted by Gasteiger charge is 2.05. The molecule has 0 radical (unpaired) electrons. The zero-order valence-corrected chi connectivity index (χ0v) is 9.90. The molecule has 0 aliphatic rings. The largest absolute Gasteiger partial charge is 0.319 e. The van der Waals surface area contributed by atoms with Gasteiger partial charge in [-0.05, 0) is 42.9 Å². The van der Waals surface area contributed by atoms with Crippen LogP contribution in [0, 0.1) is 5.92 Å². The maximum atomic E-state index is 4.21. The summed E-state index contributed by atoms with van der Waals surface area (Å²) < 4.78 is 0. The first-order chi connectivity index (χ1) is 7.81. The van der Waals surface area contributed by atoms with E-state index in [0.717, 1.165) is 13.0 Å². The number of nitrogens with one attached hydrogen (secondary N) is 1. The van der Waals surface area contributed by atoms with Gasteiger partial charge in [0.15, 0.2) is 0 Å². The third-order valence-corrected chi connectivity index (χ3v) is 2.89. The monoisotopic (exact) mass is 214 g/mol. The fraction of sp³-hybridized carbons (Fsp3) is 0.357. The summed E-state index contributed by atoms with van der Waals surface area (Å²) in [6.07, 6.45) is 4.92. The third-order valence-electron chi connectivity index (χ3n) is 2.89. The Hall–Kier alpha value is -1.41. The van der Waals surface area contributed by atoms with Gasteiger partial charge in [-0.25, -0.2) is 0 Å². The van der Waals surface area contributed by atoms with Crippen molar-refractivity contribution in [1.82, 2.24) is 10.3 Å². The van der Waals surface area contributed by atoms with Gasteiger partial charge in [0.25, 0.3) is 0 Å². The first kappa shape index (κ1) is 11.1. The van der Waals surface area contributed by atoms with Crippen molar-refractivity contribution in [3.8, 4) is 0 Å². The van der Waals surface area contributed by atoms with E-state index in [1.165, 1.54) is 16.3 Å². The summed E-state index contributed by atoms with van der Waals surface area (Å²) in [5.41, 5.74) is 1.40. The Morgan fingerprint density at radius 1 is 1.31 bits per heavy atom. The van der Waals surface area contributed by atoms with E-state index < -0.39 is 0 Å². The van der Waals surface area contributed by atoms with Crippen LogP contribution in [0.4, 0.5) is 0 Å². The van der Waals surface area contributed by atoms with Crippen LogP contribution in [-0.2, 0) is 6.42 Å². The van der Waals surface area contributed by atoms with Crippen molar-refractivity contribution in [3.05, 3.63) is 42.2 Å². The molecule has 84 valence electrons. The molecule has 1 N–H and O–H groups in total. The minimum absolute atomic E-state index is 0.649. The molecule has 0 aliphatic carbocycles. The first-order valence-electron chi connectivity index (χ1n) is 5.77. The molecule has 0 saturated carbocycles. The van der Waals surface area contributed by atoms with E-state index in [1.807, 2.05) is 19.4 Å². The second kappa shape index (κ2) is 5.08. The molecule has 2 rings (SSSR count). The Bertz CT molecular complexity index is 460. The highest BCUT2D eigenvalue weighted by Crippen LogP contribution is 2.19. The maximum absolute atomic E-state index is 4.21. The lowest BCUT2D eigenvalue weighted by Crippen LogP contribution is -2.18. The van der Waals surface area contributed by atoms with Gasteiger partial charge in [0.05, 0.1) is 0 Å². The molecule has 1 heterocycles. The van der Waals surface area contributed by atoms with Gasteiger partial charge >= 0.3 is 0 Å². The van der Waals surface area contributed by atoms with Gasteiger partial charge in [0.2, 0.25) is 0 Å². The van der Waals surface area contributed by atoms with E-state index in [-0.39, 0.29) is 0 Å². The van der Waals surface area contributed by atoms with Crippen molar-refractivity contribution in [3.63, 3.8) is 0 Å². The van der Waals surface area contributed by atoms with Crippen LogP contribution in [0.3, 0.4) is 0 Å². The minimum atomic E-state index is 0.649. The molecular weight excluding hydrogens is 196 g/mol. The summed E-state index contributed by atoms with van der Waals surface area (Å²) in [5.74, 6) is 0.649. The van der Waals surface area contributed by atoms with Gasteiger partial charge in [-0.15, -0.1) is 0 Å². The Morgan fingerprint density at radius 2 is 2.19 bits per heavy atom. The molecule has 0 aliphatic heterocycles. The van der Waals surface area contributed by atoms with Crippen LogP contribution in [0.2, 0.25) is 0 Å². The molecule has 16 heavy (non-hydrogen) atoms. The minimum Gasteiger partial charge on any atom is -0.319 e. The Morgan fingerprint density at radius 3 is 3.00 bits per heavy atom. The van der Waals surface area contributed by atoms with E-state index in [0.29, 0.717) is 5.92 Å². The Kier molecular flexibility index (Phi) is 3.52. The topological polar surface area (TPSA) is 24.9 Å². The molecule has 1 unspecified atom stereocenters. The number of hydrogen-bond acceptors (Lipinski definition) is 2. The summed E-state index contributed by atoms with van der Waals surface area (Å²) >= 11 is 0. The average molecular weight is 214 g/mol. The summed E-state index contributed by atoms with van der Waals surface area (Å²) in [6.45, 7) is 3.32. The van der Waals surface area contributed by atoms with Crippen LogP contribution in [0.1, 0.15) is 12.5 Å². The molecule has 0 spiro atoms. The standard InChI is InChI=1S/C14H18N2/c1-11(9-15-2)8-13-5-3-4-12-6-7-16-10-14(12)13/h3-7,10-11,15H,8-9H2,1-2H3. The number of rotatable bonds is 4. The fourth-order valence-electron chi connectivity index (χ4n) is 2.15. The second-order valence-corrected chi connectivity index (χ2v) is 4.38. The highest BCUT2D eigenvalue weighted by molar-refractivity contribution is 5.84. The lowest BCUT2D eigenvalue weighted by molar-refractivity contribution is 0.543. The predicted molar refractivity (Wildman–Crippen MR) is 68.5 cm³/mol. The number of aromatic nitrogens is 1. The van der Waals surface area contributed by atoms with Crippen molar-refractivity contribution in [2.45, 2.75) is 13.3 Å². The van der Waals surface area contributed by atoms with E-state index >= 15 is 0 Å². The van der Waals surface area contributed by atoms with E-state index in [1.54, 1.807) is 0 Å². The molecule has 2 heteroatoms. The van der Waals surface area contributed by atoms with Crippen molar-refractivity contribution >= 4 is 10.8 Å². The smallest absolute Gasteiger partial charge is 0.0349 e. The van der Waals surface area contributed by atoms with Crippen molar-refractivity contribution in [1.29, 1.82) is 0 Å². The van der Waals surface area contributed by atoms with Crippen LogP contribution in [0.5, 0.6) is 0 Å². The third kappa shape index (κ3) is 2.39. The molecule has 1 aromatic heterocycles. The lowest BCUT2D eigenvalue weighted by Gasteiger charge is -2.12. The van der Waals surface area contributed by atoms with Crippen LogP contribution in [0.25, 0.3) is 10.8 Å². The summed E-state index contributed by atoms with van der Waals surface area (Å²) in [7, 11) is 2.00. The normalized spacial score (nSPS) is 12.9. The van der Waals surface area contributed by atoms with Gasteiger partial charge in [0.1, 0.15) is 0 Å². The summed E-state index contributed by atoms with van der Waals surface area (Å²) in [6, 6.07) is 8.55. The van der Waals surface area contributed by atoms with Gasteiger partial charge in [-0.1, -0.05) is 25.1 Å². The summed E-state index contributed by atoms with van der Waals surface area (Å²) in [5, 5.41) is 5.79. The predicted octanol–water partition coefficient (Wildman–Crippen LogP) is 2.63. The first-order valence-corrected chi connectivity index (χ1v) is 5.77. The number of nitrogens with zero attached hydrogens (tertiary/aromatic N) is 1. The molecule has 1 atom stereocenters. The second-order valence-electron chi connectivity index (χ2n) is 4.38. The molecule has 0 bridgehead atoms. The number of hydrogen-bond donors (Lipinski definition) is 1. The molecular formula is C14H18N2. The van der Waals surface area contributed by atoms with Gasteiger partial charge in [-0.3, -0.25) is 4.98 Å². The Labute approximate surface area is 96.7 Å². The maximum Gasteiger partial charge on any atom is 0.0349 e. The summed E-state index contributed by atoms with van der Waals surface area (Å²) in [4.78, 5) is 4.21. The average Bonchev–Trinajstić information content (AvgIpc) is 2.30. The fourth-order valence-corrected chi connectivity index (χ4v) is 2.15.